The lowest BCUT2D eigenvalue weighted by Gasteiger charge is -2.10. The molecule has 2 N–H and O–H groups in total. The van der Waals surface area contributed by atoms with E-state index < -0.39 is 5.91 Å². The van der Waals surface area contributed by atoms with Crippen molar-refractivity contribution in [2.75, 3.05) is 0 Å². The Hall–Kier alpha value is -3.27. The zero-order chi connectivity index (χ0) is 21.5. The Morgan fingerprint density at radius 2 is 1.65 bits per heavy atom. The third kappa shape index (κ3) is 3.56. The molecule has 0 spiro atoms. The van der Waals surface area contributed by atoms with Gasteiger partial charge in [-0.15, -0.1) is 0 Å². The van der Waals surface area contributed by atoms with Gasteiger partial charge in [-0.25, -0.2) is 0 Å². The molecule has 5 rings (SSSR count). The Labute approximate surface area is 189 Å². The average Bonchev–Trinajstić information content (AvgIpc) is 3.07. The third-order valence-corrected chi connectivity index (χ3v) is 5.95. The second-order valence-electron chi connectivity index (χ2n) is 7.44. The zero-order valence-corrected chi connectivity index (χ0v) is 17.9. The van der Waals surface area contributed by atoms with E-state index in [-0.39, 0.29) is 0 Å². The second-order valence-corrected chi connectivity index (χ2v) is 8.31. The Kier molecular flexibility index (Phi) is 4.93. The van der Waals surface area contributed by atoms with E-state index in [2.05, 4.69) is 16.7 Å². The number of aromatic nitrogens is 1. The van der Waals surface area contributed by atoms with Gasteiger partial charge in [-0.05, 0) is 71.3 Å². The molecule has 0 unspecified atom stereocenters. The molecule has 0 fully saturated rings. The predicted octanol–water partition coefficient (Wildman–Crippen LogP) is 6.72. The Morgan fingerprint density at radius 1 is 0.871 bits per heavy atom. The Morgan fingerprint density at radius 3 is 2.39 bits per heavy atom. The summed E-state index contributed by atoms with van der Waals surface area (Å²) in [6.45, 7) is 0.598. The number of hydrogen-bond acceptors (Lipinski definition) is 1. The van der Waals surface area contributed by atoms with E-state index in [0.717, 1.165) is 38.5 Å². The van der Waals surface area contributed by atoms with Crippen molar-refractivity contribution in [3.63, 3.8) is 0 Å². The average molecular weight is 444 g/mol. The van der Waals surface area contributed by atoms with Crippen LogP contribution in [-0.2, 0) is 6.54 Å². The lowest BCUT2D eigenvalue weighted by atomic mass is 10.0. The minimum atomic E-state index is -0.456. The molecule has 151 valence electrons. The van der Waals surface area contributed by atoms with Gasteiger partial charge in [0.1, 0.15) is 0 Å². The first-order valence-electron chi connectivity index (χ1n) is 9.78. The second kappa shape index (κ2) is 7.77. The van der Waals surface area contributed by atoms with Crippen LogP contribution in [0.3, 0.4) is 0 Å². The van der Waals surface area contributed by atoms with E-state index in [4.69, 9.17) is 28.9 Å². The highest BCUT2D eigenvalue weighted by molar-refractivity contribution is 6.31. The maximum Gasteiger partial charge on any atom is 0.249 e. The molecule has 0 bridgehead atoms. The van der Waals surface area contributed by atoms with Gasteiger partial charge in [0, 0.05) is 32.9 Å². The van der Waals surface area contributed by atoms with E-state index in [0.29, 0.717) is 22.2 Å². The lowest BCUT2D eigenvalue weighted by Crippen LogP contribution is -2.11. The summed E-state index contributed by atoms with van der Waals surface area (Å²) in [6, 6.07) is 28.5. The maximum absolute atomic E-state index is 12.2. The molecule has 5 aromatic rings. The van der Waals surface area contributed by atoms with Gasteiger partial charge in [0.15, 0.2) is 0 Å². The number of carbonyl (C=O) groups excluding carboxylic acids is 1. The molecular weight excluding hydrogens is 427 g/mol. The molecule has 0 aliphatic rings. The van der Waals surface area contributed by atoms with Crippen LogP contribution < -0.4 is 5.73 Å². The number of rotatable bonds is 4. The van der Waals surface area contributed by atoms with E-state index in [9.17, 15) is 4.79 Å². The molecule has 1 heterocycles. The number of nitrogens with zero attached hydrogens (tertiary/aromatic N) is 1. The molecule has 0 saturated heterocycles. The van der Waals surface area contributed by atoms with Gasteiger partial charge < -0.3 is 10.3 Å². The van der Waals surface area contributed by atoms with Crippen LogP contribution in [0.4, 0.5) is 0 Å². The molecule has 4 aromatic carbocycles. The third-order valence-electron chi connectivity index (χ3n) is 5.47. The number of hydrogen-bond donors (Lipinski definition) is 1. The normalized spacial score (nSPS) is 11.3. The SMILES string of the molecule is NC(=O)c1cccc2c1c1[c]cc(-c3ccc(Cl)cc3)cc1n2Cc1cccc(Cl)c1. The number of benzene rings is 4. The van der Waals surface area contributed by atoms with Crippen molar-refractivity contribution in [1.82, 2.24) is 4.57 Å². The van der Waals surface area contributed by atoms with Gasteiger partial charge in [-0.2, -0.15) is 0 Å². The van der Waals surface area contributed by atoms with Crippen LogP contribution in [-0.4, -0.2) is 10.5 Å². The number of primary amides is 1. The Balaban J connectivity index is 1.80. The summed E-state index contributed by atoms with van der Waals surface area (Å²) in [6.07, 6.45) is 0. The Bertz CT molecular complexity index is 1450. The van der Waals surface area contributed by atoms with Crippen molar-refractivity contribution >= 4 is 50.9 Å². The van der Waals surface area contributed by atoms with Gasteiger partial charge >= 0.3 is 0 Å². The first kappa shape index (κ1) is 19.7. The van der Waals surface area contributed by atoms with Gasteiger partial charge in [-0.3, -0.25) is 4.79 Å². The number of amides is 1. The van der Waals surface area contributed by atoms with Crippen molar-refractivity contribution in [2.45, 2.75) is 6.54 Å². The van der Waals surface area contributed by atoms with Crippen molar-refractivity contribution in [3.8, 4) is 11.1 Å². The fourth-order valence-corrected chi connectivity index (χ4v) is 4.40. The zero-order valence-electron chi connectivity index (χ0n) is 16.4. The van der Waals surface area contributed by atoms with Crippen molar-refractivity contribution < 1.29 is 4.79 Å². The molecule has 0 atom stereocenters. The molecule has 5 heteroatoms. The molecule has 0 saturated carbocycles. The summed E-state index contributed by atoms with van der Waals surface area (Å²) in [4.78, 5) is 12.2. The summed E-state index contributed by atoms with van der Waals surface area (Å²) in [5, 5.41) is 3.05. The topological polar surface area (TPSA) is 48.0 Å². The molecule has 3 nitrogen and oxygen atoms in total. The van der Waals surface area contributed by atoms with Gasteiger partial charge in [0.05, 0.1) is 11.0 Å². The molecule has 1 amide bonds. The first-order valence-corrected chi connectivity index (χ1v) is 10.5. The summed E-state index contributed by atoms with van der Waals surface area (Å²) in [5.74, 6) is -0.456. The molecule has 1 aromatic heterocycles. The number of fused-ring (bicyclic) bond motifs is 3. The summed E-state index contributed by atoms with van der Waals surface area (Å²) < 4.78 is 2.18. The lowest BCUT2D eigenvalue weighted by molar-refractivity contribution is 0.100. The smallest absolute Gasteiger partial charge is 0.249 e. The standard InChI is InChI=1S/C26H17Cl2N2O/c27-19-10-7-17(8-11-19)18-9-12-21-24(14-18)30(15-16-3-1-4-20(28)13-16)23-6-2-5-22(25(21)23)26(29)31/h1-11,13-14H,15H2,(H2,29,31). The van der Waals surface area contributed by atoms with Crippen LogP contribution in [0.15, 0.2) is 78.9 Å². The minimum absolute atomic E-state index is 0.456. The van der Waals surface area contributed by atoms with Gasteiger partial charge in [0.25, 0.3) is 0 Å². The van der Waals surface area contributed by atoms with Crippen molar-refractivity contribution in [2.24, 2.45) is 5.73 Å². The van der Waals surface area contributed by atoms with Crippen LogP contribution in [0.25, 0.3) is 32.9 Å². The van der Waals surface area contributed by atoms with Crippen molar-refractivity contribution in [1.29, 1.82) is 0 Å². The summed E-state index contributed by atoms with van der Waals surface area (Å²) in [7, 11) is 0. The molecular formula is C26H17Cl2N2O. The fourth-order valence-electron chi connectivity index (χ4n) is 4.06. The van der Waals surface area contributed by atoms with Crippen molar-refractivity contribution in [3.05, 3.63) is 106 Å². The number of carbonyl (C=O) groups is 1. The van der Waals surface area contributed by atoms with Crippen LogP contribution >= 0.6 is 23.2 Å². The highest BCUT2D eigenvalue weighted by atomic mass is 35.5. The maximum atomic E-state index is 12.2. The van der Waals surface area contributed by atoms with Crippen LogP contribution in [0, 0.1) is 6.07 Å². The molecule has 0 aliphatic heterocycles. The van der Waals surface area contributed by atoms with E-state index in [1.807, 2.05) is 66.7 Å². The van der Waals surface area contributed by atoms with E-state index in [1.54, 1.807) is 6.07 Å². The first-order chi connectivity index (χ1) is 15.0. The number of halogens is 2. The number of nitrogens with two attached hydrogens (primary N) is 1. The largest absolute Gasteiger partial charge is 0.366 e. The highest BCUT2D eigenvalue weighted by Gasteiger charge is 2.17. The summed E-state index contributed by atoms with van der Waals surface area (Å²) in [5.41, 5.74) is 11.2. The summed E-state index contributed by atoms with van der Waals surface area (Å²) >= 11 is 12.3. The van der Waals surface area contributed by atoms with E-state index in [1.165, 1.54) is 0 Å². The minimum Gasteiger partial charge on any atom is -0.366 e. The van der Waals surface area contributed by atoms with Crippen LogP contribution in [0.1, 0.15) is 15.9 Å². The van der Waals surface area contributed by atoms with E-state index >= 15 is 0 Å². The highest BCUT2D eigenvalue weighted by Crippen LogP contribution is 2.35. The molecule has 0 aliphatic carbocycles. The monoisotopic (exact) mass is 443 g/mol. The van der Waals surface area contributed by atoms with Crippen LogP contribution in [0.2, 0.25) is 10.0 Å². The molecule has 31 heavy (non-hydrogen) atoms. The molecule has 1 radical (unpaired) electrons. The van der Waals surface area contributed by atoms with Gasteiger partial charge in [0.2, 0.25) is 5.91 Å². The van der Waals surface area contributed by atoms with Gasteiger partial charge in [-0.1, -0.05) is 53.5 Å². The predicted molar refractivity (Wildman–Crippen MR) is 128 cm³/mol. The quantitative estimate of drug-likeness (QED) is 0.329. The fraction of sp³-hybridized carbons (Fsp3) is 0.0385. The van der Waals surface area contributed by atoms with Crippen LogP contribution in [0.5, 0.6) is 0 Å².